The average molecular weight is 274 g/mol. The van der Waals surface area contributed by atoms with Crippen molar-refractivity contribution in [2.24, 2.45) is 0 Å². The maximum atomic E-state index is 11.5. The summed E-state index contributed by atoms with van der Waals surface area (Å²) in [7, 11) is 1.69. The Labute approximate surface area is 115 Å². The first kappa shape index (κ1) is 12.6. The standard InChI is InChI=1S/C13H14N4O3/c1-7-10(8(2)20-16-7)12-11(14-4-5-15-12)9-6-19-13(18)17(9)3/h4-5,9H,6H2,1-3H3. The number of likely N-dealkylation sites (N-methyl/N-ethyl adjacent to an activating group) is 1. The van der Waals surface area contributed by atoms with Gasteiger partial charge in [0.1, 0.15) is 18.4 Å². The number of rotatable bonds is 2. The van der Waals surface area contributed by atoms with Gasteiger partial charge < -0.3 is 9.26 Å². The first-order chi connectivity index (χ1) is 9.59. The molecule has 0 saturated carbocycles. The van der Waals surface area contributed by atoms with E-state index < -0.39 is 0 Å². The smallest absolute Gasteiger partial charge is 0.410 e. The van der Waals surface area contributed by atoms with E-state index in [1.165, 1.54) is 4.90 Å². The number of carbonyl (C=O) groups excluding carboxylic acids is 1. The van der Waals surface area contributed by atoms with Gasteiger partial charge in [0.25, 0.3) is 0 Å². The van der Waals surface area contributed by atoms with Gasteiger partial charge in [0.2, 0.25) is 0 Å². The highest BCUT2D eigenvalue weighted by atomic mass is 16.6. The summed E-state index contributed by atoms with van der Waals surface area (Å²) in [5, 5.41) is 3.94. The second kappa shape index (κ2) is 4.59. The number of nitrogens with zero attached hydrogens (tertiary/aromatic N) is 4. The molecule has 3 heterocycles. The maximum Gasteiger partial charge on any atom is 0.410 e. The Morgan fingerprint density at radius 2 is 2.05 bits per heavy atom. The first-order valence-electron chi connectivity index (χ1n) is 6.23. The molecule has 1 amide bonds. The molecule has 0 aromatic carbocycles. The number of carbonyl (C=O) groups is 1. The van der Waals surface area contributed by atoms with Crippen molar-refractivity contribution < 1.29 is 14.1 Å². The molecular weight excluding hydrogens is 260 g/mol. The van der Waals surface area contributed by atoms with E-state index in [1.54, 1.807) is 19.4 Å². The van der Waals surface area contributed by atoms with E-state index in [9.17, 15) is 4.79 Å². The van der Waals surface area contributed by atoms with Crippen LogP contribution in [0, 0.1) is 13.8 Å². The molecule has 0 radical (unpaired) electrons. The molecule has 0 bridgehead atoms. The molecule has 2 aromatic rings. The molecule has 1 saturated heterocycles. The van der Waals surface area contributed by atoms with Gasteiger partial charge in [0.05, 0.1) is 22.6 Å². The summed E-state index contributed by atoms with van der Waals surface area (Å²) < 4.78 is 10.2. The molecule has 1 fully saturated rings. The summed E-state index contributed by atoms with van der Waals surface area (Å²) in [5.74, 6) is 0.678. The topological polar surface area (TPSA) is 81.4 Å². The lowest BCUT2D eigenvalue weighted by atomic mass is 10.0. The summed E-state index contributed by atoms with van der Waals surface area (Å²) in [5.41, 5.74) is 2.94. The van der Waals surface area contributed by atoms with Crippen molar-refractivity contribution in [3.8, 4) is 11.3 Å². The van der Waals surface area contributed by atoms with Crippen molar-refractivity contribution >= 4 is 6.09 Å². The quantitative estimate of drug-likeness (QED) is 0.831. The Morgan fingerprint density at radius 1 is 1.30 bits per heavy atom. The Kier molecular flexibility index (Phi) is 2.89. The van der Waals surface area contributed by atoms with Gasteiger partial charge in [-0.1, -0.05) is 5.16 Å². The summed E-state index contributed by atoms with van der Waals surface area (Å²) in [6.07, 6.45) is 2.86. The number of aryl methyl sites for hydroxylation is 2. The highest BCUT2D eigenvalue weighted by molar-refractivity contribution is 5.72. The second-order valence-corrected chi connectivity index (χ2v) is 4.69. The summed E-state index contributed by atoms with van der Waals surface area (Å²) >= 11 is 0. The molecule has 104 valence electrons. The fourth-order valence-electron chi connectivity index (χ4n) is 2.36. The number of amides is 1. The molecule has 20 heavy (non-hydrogen) atoms. The Balaban J connectivity index is 2.12. The minimum atomic E-state index is -0.356. The maximum absolute atomic E-state index is 11.5. The Hall–Kier alpha value is -2.44. The number of aromatic nitrogens is 3. The summed E-state index contributed by atoms with van der Waals surface area (Å²) in [6.45, 7) is 3.95. The van der Waals surface area contributed by atoms with Gasteiger partial charge in [-0.05, 0) is 13.8 Å². The fourth-order valence-corrected chi connectivity index (χ4v) is 2.36. The number of hydrogen-bond donors (Lipinski definition) is 0. The van der Waals surface area contributed by atoms with Crippen molar-refractivity contribution in [2.45, 2.75) is 19.9 Å². The van der Waals surface area contributed by atoms with Crippen LogP contribution in [-0.2, 0) is 4.74 Å². The van der Waals surface area contributed by atoms with E-state index in [4.69, 9.17) is 9.26 Å². The van der Waals surface area contributed by atoms with Gasteiger partial charge in [0, 0.05) is 19.4 Å². The van der Waals surface area contributed by atoms with E-state index >= 15 is 0 Å². The lowest BCUT2D eigenvalue weighted by Crippen LogP contribution is -2.24. The van der Waals surface area contributed by atoms with Crippen LogP contribution in [0.2, 0.25) is 0 Å². The zero-order chi connectivity index (χ0) is 14.3. The molecule has 7 heteroatoms. The molecule has 1 unspecified atom stereocenters. The molecule has 7 nitrogen and oxygen atoms in total. The van der Waals surface area contributed by atoms with E-state index in [0.717, 1.165) is 11.3 Å². The highest BCUT2D eigenvalue weighted by Crippen LogP contribution is 2.33. The zero-order valence-corrected chi connectivity index (χ0v) is 11.5. The van der Waals surface area contributed by atoms with Crippen LogP contribution in [0.4, 0.5) is 4.79 Å². The van der Waals surface area contributed by atoms with Gasteiger partial charge in [-0.2, -0.15) is 0 Å². The van der Waals surface area contributed by atoms with Crippen molar-refractivity contribution in [3.05, 3.63) is 29.5 Å². The van der Waals surface area contributed by atoms with E-state index in [1.807, 2.05) is 13.8 Å². The van der Waals surface area contributed by atoms with Crippen LogP contribution in [0.3, 0.4) is 0 Å². The number of cyclic esters (lactones) is 1. The monoisotopic (exact) mass is 274 g/mol. The molecule has 1 aliphatic rings. The minimum absolute atomic E-state index is 0.250. The van der Waals surface area contributed by atoms with Crippen LogP contribution in [0.1, 0.15) is 23.2 Å². The van der Waals surface area contributed by atoms with Crippen LogP contribution < -0.4 is 0 Å². The van der Waals surface area contributed by atoms with Gasteiger partial charge >= 0.3 is 6.09 Å². The number of ether oxygens (including phenoxy) is 1. The number of hydrogen-bond acceptors (Lipinski definition) is 6. The van der Waals surface area contributed by atoms with Crippen molar-refractivity contribution in [3.63, 3.8) is 0 Å². The van der Waals surface area contributed by atoms with Crippen LogP contribution in [0.15, 0.2) is 16.9 Å². The van der Waals surface area contributed by atoms with Gasteiger partial charge in [-0.15, -0.1) is 0 Å². The van der Waals surface area contributed by atoms with E-state index in [0.29, 0.717) is 17.1 Å². The van der Waals surface area contributed by atoms with Crippen molar-refractivity contribution in [1.82, 2.24) is 20.0 Å². The molecular formula is C13H14N4O3. The molecule has 1 aliphatic heterocycles. The second-order valence-electron chi connectivity index (χ2n) is 4.69. The summed E-state index contributed by atoms with van der Waals surface area (Å²) in [6, 6.07) is -0.250. The summed E-state index contributed by atoms with van der Waals surface area (Å²) in [4.78, 5) is 21.8. The van der Waals surface area contributed by atoms with Gasteiger partial charge in [-0.3, -0.25) is 14.9 Å². The van der Waals surface area contributed by atoms with Crippen molar-refractivity contribution in [2.75, 3.05) is 13.7 Å². The average Bonchev–Trinajstić information content (AvgIpc) is 2.94. The van der Waals surface area contributed by atoms with Gasteiger partial charge in [-0.25, -0.2) is 4.79 Å². The largest absolute Gasteiger partial charge is 0.447 e. The third-order valence-electron chi connectivity index (χ3n) is 3.43. The van der Waals surface area contributed by atoms with Crippen LogP contribution >= 0.6 is 0 Å². The Morgan fingerprint density at radius 3 is 2.65 bits per heavy atom. The fraction of sp³-hybridized carbons (Fsp3) is 0.385. The van der Waals surface area contributed by atoms with Crippen LogP contribution in [0.5, 0.6) is 0 Å². The SMILES string of the molecule is Cc1noc(C)c1-c1nccnc1C1COC(=O)N1C. The molecule has 2 aromatic heterocycles. The van der Waals surface area contributed by atoms with E-state index in [-0.39, 0.29) is 18.7 Å². The predicted molar refractivity (Wildman–Crippen MR) is 68.9 cm³/mol. The molecule has 3 rings (SSSR count). The lowest BCUT2D eigenvalue weighted by molar-refractivity contribution is 0.163. The predicted octanol–water partition coefficient (Wildman–Crippen LogP) is 1.87. The molecule has 0 spiro atoms. The normalized spacial score (nSPS) is 18.4. The molecule has 1 atom stereocenters. The third-order valence-corrected chi connectivity index (χ3v) is 3.43. The Bertz CT molecular complexity index is 648. The van der Waals surface area contributed by atoms with E-state index in [2.05, 4.69) is 15.1 Å². The van der Waals surface area contributed by atoms with Gasteiger partial charge in [0.15, 0.2) is 0 Å². The highest BCUT2D eigenvalue weighted by Gasteiger charge is 2.35. The molecule has 0 aliphatic carbocycles. The third kappa shape index (κ3) is 1.82. The van der Waals surface area contributed by atoms with Crippen molar-refractivity contribution in [1.29, 1.82) is 0 Å². The zero-order valence-electron chi connectivity index (χ0n) is 11.5. The molecule has 0 N–H and O–H groups in total. The lowest BCUT2D eigenvalue weighted by Gasteiger charge is -2.17. The van der Waals surface area contributed by atoms with Crippen LogP contribution in [-0.4, -0.2) is 39.8 Å². The first-order valence-corrected chi connectivity index (χ1v) is 6.23. The minimum Gasteiger partial charge on any atom is -0.447 e. The van der Waals surface area contributed by atoms with Crippen LogP contribution in [0.25, 0.3) is 11.3 Å².